The van der Waals surface area contributed by atoms with Crippen molar-refractivity contribution < 1.29 is 14.3 Å². The summed E-state index contributed by atoms with van der Waals surface area (Å²) in [4.78, 5) is 30.9. The van der Waals surface area contributed by atoms with E-state index in [4.69, 9.17) is 16.3 Å². The fourth-order valence-corrected chi connectivity index (χ4v) is 4.00. The van der Waals surface area contributed by atoms with E-state index in [1.54, 1.807) is 16.8 Å². The van der Waals surface area contributed by atoms with Crippen LogP contribution in [0.4, 0.5) is 9.59 Å². The summed E-state index contributed by atoms with van der Waals surface area (Å²) in [5.74, 6) is 0. The summed E-state index contributed by atoms with van der Waals surface area (Å²) in [5, 5.41) is 4.64. The Kier molecular flexibility index (Phi) is 4.19. The fourth-order valence-electron chi connectivity index (χ4n) is 3.82. The number of likely N-dealkylation sites (tertiary alicyclic amines) is 1. The van der Waals surface area contributed by atoms with Gasteiger partial charge in [-0.2, -0.15) is 0 Å². The summed E-state index contributed by atoms with van der Waals surface area (Å²) in [6.07, 6.45) is 1.29. The lowest BCUT2D eigenvalue weighted by molar-refractivity contribution is 0.00317. The standard InChI is InChI=1S/C18H21ClN4O3/c1-22-10-18(26-17(22)25)5-2-6-23(11-18)16(24)20-9-14-8-12-7-13(19)3-4-15(12)21-14/h3-4,7-8,21H,2,5-6,9-11H2,1H3,(H,20,24). The van der Waals surface area contributed by atoms with Crippen LogP contribution in [0.5, 0.6) is 0 Å². The summed E-state index contributed by atoms with van der Waals surface area (Å²) in [6, 6.07) is 7.47. The number of H-pyrrole nitrogens is 1. The maximum Gasteiger partial charge on any atom is 0.410 e. The van der Waals surface area contributed by atoms with Gasteiger partial charge in [0, 0.05) is 35.2 Å². The minimum Gasteiger partial charge on any atom is -0.439 e. The number of nitrogens with one attached hydrogen (secondary N) is 2. The van der Waals surface area contributed by atoms with Crippen molar-refractivity contribution in [3.05, 3.63) is 35.0 Å². The highest BCUT2D eigenvalue weighted by atomic mass is 35.5. The van der Waals surface area contributed by atoms with Crippen molar-refractivity contribution in [2.75, 3.05) is 26.7 Å². The molecule has 1 aromatic carbocycles. The van der Waals surface area contributed by atoms with Gasteiger partial charge >= 0.3 is 12.1 Å². The van der Waals surface area contributed by atoms with Gasteiger partial charge in [-0.1, -0.05) is 11.6 Å². The summed E-state index contributed by atoms with van der Waals surface area (Å²) in [5.41, 5.74) is 1.32. The first-order chi connectivity index (χ1) is 12.4. The zero-order chi connectivity index (χ0) is 18.3. The largest absolute Gasteiger partial charge is 0.439 e. The summed E-state index contributed by atoms with van der Waals surface area (Å²) >= 11 is 6.01. The van der Waals surface area contributed by atoms with Crippen molar-refractivity contribution in [3.8, 4) is 0 Å². The van der Waals surface area contributed by atoms with Gasteiger partial charge in [0.1, 0.15) is 5.60 Å². The number of aromatic nitrogens is 1. The van der Waals surface area contributed by atoms with Crippen molar-refractivity contribution in [1.82, 2.24) is 20.1 Å². The number of rotatable bonds is 2. The third-order valence-corrected chi connectivity index (χ3v) is 5.27. The molecule has 26 heavy (non-hydrogen) atoms. The number of piperidine rings is 1. The van der Waals surface area contributed by atoms with Gasteiger partial charge in [-0.25, -0.2) is 9.59 Å². The van der Waals surface area contributed by atoms with Crippen LogP contribution < -0.4 is 5.32 Å². The molecule has 2 N–H and O–H groups in total. The van der Waals surface area contributed by atoms with Crippen LogP contribution in [0.2, 0.25) is 5.02 Å². The number of hydrogen-bond donors (Lipinski definition) is 2. The number of hydrogen-bond acceptors (Lipinski definition) is 3. The van der Waals surface area contributed by atoms with Crippen LogP contribution in [0.25, 0.3) is 10.9 Å². The maximum absolute atomic E-state index is 12.6. The summed E-state index contributed by atoms with van der Waals surface area (Å²) in [6.45, 7) is 2.01. The molecule has 1 spiro atoms. The number of fused-ring (bicyclic) bond motifs is 1. The third-order valence-electron chi connectivity index (χ3n) is 5.04. The Bertz CT molecular complexity index is 867. The third kappa shape index (κ3) is 3.19. The highest BCUT2D eigenvalue weighted by molar-refractivity contribution is 6.31. The zero-order valence-electron chi connectivity index (χ0n) is 14.5. The molecule has 0 saturated carbocycles. The molecule has 4 rings (SSSR count). The van der Waals surface area contributed by atoms with Crippen molar-refractivity contribution in [2.24, 2.45) is 0 Å². The molecule has 2 saturated heterocycles. The predicted octanol–water partition coefficient (Wildman–Crippen LogP) is 2.95. The van der Waals surface area contributed by atoms with Crippen LogP contribution in [0, 0.1) is 0 Å². The number of amides is 3. The Hall–Kier alpha value is -2.41. The van der Waals surface area contributed by atoms with Gasteiger partial charge in [0.05, 0.1) is 19.6 Å². The monoisotopic (exact) mass is 376 g/mol. The van der Waals surface area contributed by atoms with Crippen molar-refractivity contribution in [1.29, 1.82) is 0 Å². The van der Waals surface area contributed by atoms with Crippen LogP contribution in [-0.4, -0.2) is 59.2 Å². The second-order valence-corrected chi connectivity index (χ2v) is 7.55. The number of carbonyl (C=O) groups excluding carboxylic acids is 2. The van der Waals surface area contributed by atoms with Gasteiger partial charge in [0.15, 0.2) is 0 Å². The number of benzene rings is 1. The molecule has 0 radical (unpaired) electrons. The van der Waals surface area contributed by atoms with Crippen LogP contribution >= 0.6 is 11.6 Å². The van der Waals surface area contributed by atoms with Gasteiger partial charge in [-0.05, 0) is 37.1 Å². The van der Waals surface area contributed by atoms with E-state index >= 15 is 0 Å². The van der Waals surface area contributed by atoms with E-state index in [-0.39, 0.29) is 12.1 Å². The molecule has 7 nitrogen and oxygen atoms in total. The molecule has 2 aromatic rings. The van der Waals surface area contributed by atoms with Gasteiger partial charge in [0.25, 0.3) is 0 Å². The molecular weight excluding hydrogens is 356 g/mol. The average Bonchev–Trinajstić information content (AvgIpc) is 3.12. The second kappa shape index (κ2) is 6.39. The first kappa shape index (κ1) is 17.0. The number of aromatic amines is 1. The molecule has 3 heterocycles. The topological polar surface area (TPSA) is 77.7 Å². The molecule has 8 heteroatoms. The van der Waals surface area contributed by atoms with Crippen LogP contribution in [-0.2, 0) is 11.3 Å². The highest BCUT2D eigenvalue weighted by Gasteiger charge is 2.47. The first-order valence-corrected chi connectivity index (χ1v) is 9.06. The maximum atomic E-state index is 12.6. The average molecular weight is 377 g/mol. The molecule has 3 amide bonds. The van der Waals surface area contributed by atoms with Crippen molar-refractivity contribution in [3.63, 3.8) is 0 Å². The Morgan fingerprint density at radius 3 is 3.00 bits per heavy atom. The van der Waals surface area contributed by atoms with E-state index in [0.717, 1.165) is 29.4 Å². The zero-order valence-corrected chi connectivity index (χ0v) is 15.3. The summed E-state index contributed by atoms with van der Waals surface area (Å²) in [7, 11) is 1.72. The summed E-state index contributed by atoms with van der Waals surface area (Å²) < 4.78 is 5.54. The lowest BCUT2D eigenvalue weighted by atomic mass is 9.93. The van der Waals surface area contributed by atoms with E-state index in [2.05, 4.69) is 10.3 Å². The van der Waals surface area contributed by atoms with Gasteiger partial charge in [-0.3, -0.25) is 0 Å². The number of likely N-dealkylation sites (N-methyl/N-ethyl adjacent to an activating group) is 1. The Balaban J connectivity index is 1.39. The molecule has 0 aliphatic carbocycles. The van der Waals surface area contributed by atoms with Crippen LogP contribution in [0.3, 0.4) is 0 Å². The van der Waals surface area contributed by atoms with E-state index in [9.17, 15) is 9.59 Å². The van der Waals surface area contributed by atoms with Gasteiger partial charge in [0.2, 0.25) is 0 Å². The van der Waals surface area contributed by atoms with E-state index in [1.165, 1.54) is 0 Å². The number of halogens is 1. The van der Waals surface area contributed by atoms with E-state index in [0.29, 0.717) is 31.2 Å². The number of urea groups is 1. The highest BCUT2D eigenvalue weighted by Crippen LogP contribution is 2.31. The molecule has 138 valence electrons. The number of carbonyl (C=O) groups is 2. The van der Waals surface area contributed by atoms with E-state index < -0.39 is 5.60 Å². The smallest absolute Gasteiger partial charge is 0.410 e. The SMILES string of the molecule is CN1CC2(CCCN(C(=O)NCc3cc4cc(Cl)ccc4[nH]3)C2)OC1=O. The molecule has 1 atom stereocenters. The van der Waals surface area contributed by atoms with Crippen LogP contribution in [0.15, 0.2) is 24.3 Å². The van der Waals surface area contributed by atoms with Crippen molar-refractivity contribution in [2.45, 2.75) is 25.0 Å². The second-order valence-electron chi connectivity index (χ2n) is 7.12. The molecule has 1 aromatic heterocycles. The Labute approximate surface area is 156 Å². The van der Waals surface area contributed by atoms with Gasteiger partial charge < -0.3 is 24.8 Å². The van der Waals surface area contributed by atoms with E-state index in [1.807, 2.05) is 24.3 Å². The molecule has 2 aliphatic rings. The minimum atomic E-state index is -0.570. The molecule has 1 unspecified atom stereocenters. The lowest BCUT2D eigenvalue weighted by Gasteiger charge is -2.38. The predicted molar refractivity (Wildman–Crippen MR) is 98.2 cm³/mol. The Morgan fingerprint density at radius 1 is 1.38 bits per heavy atom. The van der Waals surface area contributed by atoms with Crippen molar-refractivity contribution >= 4 is 34.6 Å². The molecule has 2 fully saturated rings. The normalized spacial score (nSPS) is 22.9. The van der Waals surface area contributed by atoms with Crippen LogP contribution in [0.1, 0.15) is 18.5 Å². The Morgan fingerprint density at radius 2 is 2.23 bits per heavy atom. The molecule has 0 bridgehead atoms. The quantitative estimate of drug-likeness (QED) is 0.845. The lowest BCUT2D eigenvalue weighted by Crippen LogP contribution is -2.54. The fraction of sp³-hybridized carbons (Fsp3) is 0.444. The number of nitrogens with zero attached hydrogens (tertiary/aromatic N) is 2. The number of ether oxygens (including phenoxy) is 1. The minimum absolute atomic E-state index is 0.147. The molecule has 2 aliphatic heterocycles. The first-order valence-electron chi connectivity index (χ1n) is 8.68. The van der Waals surface area contributed by atoms with Gasteiger partial charge in [-0.15, -0.1) is 0 Å². The molecular formula is C18H21ClN4O3.